The molecule has 104 valence electrons. The molecular weight excluding hydrogens is 266 g/mol. The van der Waals surface area contributed by atoms with Gasteiger partial charge in [-0.05, 0) is 26.0 Å². The molecule has 0 fully saturated rings. The molecule has 0 radical (unpaired) electrons. The molecule has 0 bridgehead atoms. The Hall–Kier alpha value is -1.95. The summed E-state index contributed by atoms with van der Waals surface area (Å²) in [6.07, 6.45) is 0. The van der Waals surface area contributed by atoms with Crippen molar-refractivity contribution in [2.45, 2.75) is 19.5 Å². The van der Waals surface area contributed by atoms with Gasteiger partial charge in [0.2, 0.25) is 11.9 Å². The number of nitrogens with two attached hydrogens (primary N) is 2. The highest BCUT2D eigenvalue weighted by atomic mass is 35.5. The summed E-state index contributed by atoms with van der Waals surface area (Å²) in [4.78, 5) is 10.1. The van der Waals surface area contributed by atoms with Gasteiger partial charge in [0.1, 0.15) is 11.4 Å². The Morgan fingerprint density at radius 2 is 1.95 bits per heavy atom. The molecule has 6 nitrogen and oxygen atoms in total. The van der Waals surface area contributed by atoms with Gasteiger partial charge in [0.15, 0.2) is 0 Å². The Labute approximate surface area is 118 Å². The monoisotopic (exact) mass is 282 g/mol. The number of hydrogen-bond acceptors (Lipinski definition) is 6. The summed E-state index contributed by atoms with van der Waals surface area (Å²) in [5.74, 6) is 1.26. The molecule has 0 saturated heterocycles. The number of hydrogen-bond donors (Lipinski definition) is 2. The molecule has 0 aromatic heterocycles. The maximum absolute atomic E-state index is 5.94. The van der Waals surface area contributed by atoms with Crippen LogP contribution in [-0.2, 0) is 0 Å². The quantitative estimate of drug-likeness (QED) is 0.649. The number of guanidine groups is 2. The van der Waals surface area contributed by atoms with Crippen LogP contribution >= 0.6 is 0 Å². The van der Waals surface area contributed by atoms with Gasteiger partial charge in [-0.2, -0.15) is 4.99 Å². The van der Waals surface area contributed by atoms with Gasteiger partial charge in [-0.1, -0.05) is 6.07 Å². The van der Waals surface area contributed by atoms with Crippen LogP contribution in [0, 0.1) is 0 Å². The van der Waals surface area contributed by atoms with E-state index in [9.17, 15) is 0 Å². The van der Waals surface area contributed by atoms with E-state index in [1.54, 1.807) is 7.11 Å². The van der Waals surface area contributed by atoms with Crippen molar-refractivity contribution in [2.75, 3.05) is 12.0 Å². The molecule has 0 aliphatic carbocycles. The van der Waals surface area contributed by atoms with Crippen molar-refractivity contribution in [3.63, 3.8) is 0 Å². The first-order chi connectivity index (χ1) is 8.44. The fourth-order valence-electron chi connectivity index (χ4n) is 2.00. The third-order valence-electron chi connectivity index (χ3n) is 2.71. The van der Waals surface area contributed by atoms with Crippen LogP contribution in [0.2, 0.25) is 0 Å². The minimum Gasteiger partial charge on any atom is -1.00 e. The van der Waals surface area contributed by atoms with Crippen LogP contribution < -0.4 is 33.5 Å². The Bertz CT molecular complexity index is 527. The number of rotatable bonds is 2. The molecule has 1 aliphatic rings. The number of benzene rings is 1. The Morgan fingerprint density at radius 1 is 1.26 bits per heavy atom. The minimum absolute atomic E-state index is 0. The summed E-state index contributed by atoms with van der Waals surface area (Å²) < 4.78 is 5.20. The van der Waals surface area contributed by atoms with Crippen LogP contribution in [0.15, 0.2) is 34.3 Å². The number of halogens is 1. The summed E-state index contributed by atoms with van der Waals surface area (Å²) >= 11 is 0. The van der Waals surface area contributed by atoms with Gasteiger partial charge in [0.05, 0.1) is 7.11 Å². The van der Waals surface area contributed by atoms with Crippen molar-refractivity contribution < 1.29 is 17.1 Å². The zero-order valence-corrected chi connectivity index (χ0v) is 11.8. The lowest BCUT2D eigenvalue weighted by molar-refractivity contribution is -0.00000502. The fourth-order valence-corrected chi connectivity index (χ4v) is 2.00. The first-order valence-corrected chi connectivity index (χ1v) is 5.58. The second kappa shape index (κ2) is 5.36. The van der Waals surface area contributed by atoms with Crippen molar-refractivity contribution in [2.24, 2.45) is 21.5 Å². The lowest BCUT2D eigenvalue weighted by Gasteiger charge is -2.38. The molecule has 7 heteroatoms. The van der Waals surface area contributed by atoms with E-state index >= 15 is 0 Å². The summed E-state index contributed by atoms with van der Waals surface area (Å²) in [7, 11) is 1.62. The zero-order valence-electron chi connectivity index (χ0n) is 11.1. The predicted molar refractivity (Wildman–Crippen MR) is 72.8 cm³/mol. The molecule has 0 spiro atoms. The van der Waals surface area contributed by atoms with Gasteiger partial charge < -0.3 is 28.6 Å². The number of aliphatic imine (C=N–C) groups is 2. The van der Waals surface area contributed by atoms with Gasteiger partial charge in [0.25, 0.3) is 0 Å². The summed E-state index contributed by atoms with van der Waals surface area (Å²) in [6, 6.07) is 7.55. The first-order valence-electron chi connectivity index (χ1n) is 5.58. The standard InChI is InChI=1S/C12H17N5O.ClH/c1-12(2)16-10(13)15-11(14)17(12)8-5-4-6-9(7-8)18-3;/h4-7H,1-3H3,(H4,13,14,15,16);1H/p-1. The Morgan fingerprint density at radius 3 is 2.53 bits per heavy atom. The van der Waals surface area contributed by atoms with Crippen LogP contribution in [0.5, 0.6) is 5.75 Å². The maximum Gasteiger partial charge on any atom is 0.220 e. The molecule has 19 heavy (non-hydrogen) atoms. The van der Waals surface area contributed by atoms with Crippen LogP contribution in [0.3, 0.4) is 0 Å². The number of nitrogens with zero attached hydrogens (tertiary/aromatic N) is 3. The van der Waals surface area contributed by atoms with Gasteiger partial charge >= 0.3 is 0 Å². The molecule has 2 rings (SSSR count). The van der Waals surface area contributed by atoms with E-state index < -0.39 is 5.66 Å². The lowest BCUT2D eigenvalue weighted by atomic mass is 10.1. The van der Waals surface area contributed by atoms with Gasteiger partial charge in [0, 0.05) is 11.8 Å². The molecule has 0 saturated carbocycles. The van der Waals surface area contributed by atoms with Crippen LogP contribution in [0.1, 0.15) is 13.8 Å². The van der Waals surface area contributed by atoms with Crippen molar-refractivity contribution in [3.8, 4) is 5.75 Å². The topological polar surface area (TPSA) is 89.2 Å². The second-order valence-electron chi connectivity index (χ2n) is 4.47. The van der Waals surface area contributed by atoms with E-state index in [1.165, 1.54) is 0 Å². The summed E-state index contributed by atoms with van der Waals surface area (Å²) in [5, 5.41) is 0. The summed E-state index contributed by atoms with van der Waals surface area (Å²) in [5.41, 5.74) is 11.8. The molecule has 0 atom stereocenters. The molecule has 1 aromatic carbocycles. The minimum atomic E-state index is -0.581. The smallest absolute Gasteiger partial charge is 0.220 e. The van der Waals surface area contributed by atoms with Gasteiger partial charge in [-0.25, -0.2) is 4.99 Å². The van der Waals surface area contributed by atoms with E-state index in [0.29, 0.717) is 5.96 Å². The van der Waals surface area contributed by atoms with Crippen molar-refractivity contribution in [1.82, 2.24) is 0 Å². The highest BCUT2D eigenvalue weighted by Gasteiger charge is 2.32. The van der Waals surface area contributed by atoms with Gasteiger partial charge in [-0.15, -0.1) is 0 Å². The molecule has 0 unspecified atom stereocenters. The highest BCUT2D eigenvalue weighted by Crippen LogP contribution is 2.29. The average Bonchev–Trinajstić information content (AvgIpc) is 2.26. The molecule has 1 aromatic rings. The normalized spacial score (nSPS) is 17.1. The molecular formula is C12H17ClN5O-. The van der Waals surface area contributed by atoms with E-state index in [2.05, 4.69) is 9.98 Å². The van der Waals surface area contributed by atoms with Crippen molar-refractivity contribution >= 4 is 17.6 Å². The second-order valence-corrected chi connectivity index (χ2v) is 4.47. The summed E-state index contributed by atoms with van der Waals surface area (Å²) in [6.45, 7) is 3.84. The Kier molecular flexibility index (Phi) is 4.26. The van der Waals surface area contributed by atoms with E-state index in [-0.39, 0.29) is 18.4 Å². The van der Waals surface area contributed by atoms with E-state index in [1.807, 2.05) is 43.0 Å². The first kappa shape index (κ1) is 15.1. The number of anilines is 1. The van der Waals surface area contributed by atoms with Crippen molar-refractivity contribution in [1.29, 1.82) is 0 Å². The molecule has 1 aliphatic heterocycles. The predicted octanol–water partition coefficient (Wildman–Crippen LogP) is -2.12. The zero-order chi connectivity index (χ0) is 13.3. The fraction of sp³-hybridized carbons (Fsp3) is 0.333. The van der Waals surface area contributed by atoms with Crippen molar-refractivity contribution in [3.05, 3.63) is 24.3 Å². The van der Waals surface area contributed by atoms with Crippen LogP contribution in [0.4, 0.5) is 5.69 Å². The average molecular weight is 283 g/mol. The van der Waals surface area contributed by atoms with Crippen LogP contribution in [-0.4, -0.2) is 24.7 Å². The van der Waals surface area contributed by atoms with E-state index in [0.717, 1.165) is 11.4 Å². The molecule has 0 amide bonds. The largest absolute Gasteiger partial charge is 1.00 e. The van der Waals surface area contributed by atoms with Gasteiger partial charge in [-0.3, -0.25) is 4.90 Å². The highest BCUT2D eigenvalue weighted by molar-refractivity contribution is 6.05. The SMILES string of the molecule is COc1cccc(N2C(N)=NC(N)=NC2(C)C)c1.[Cl-]. The van der Waals surface area contributed by atoms with E-state index in [4.69, 9.17) is 16.2 Å². The lowest BCUT2D eigenvalue weighted by Crippen LogP contribution is -3.00. The maximum atomic E-state index is 5.94. The molecule has 4 N–H and O–H groups in total. The molecule has 1 heterocycles. The van der Waals surface area contributed by atoms with Crippen LogP contribution in [0.25, 0.3) is 0 Å². The Balaban J connectivity index is 0.00000180. The third-order valence-corrected chi connectivity index (χ3v) is 2.71. The number of ether oxygens (including phenoxy) is 1. The third kappa shape index (κ3) is 2.90. The number of methoxy groups -OCH3 is 1.